The number of likely N-dealkylation sites (tertiary alicyclic amines) is 1. The number of carbonyl (C=O) groups excluding carboxylic acids is 2. The molecule has 12 nitrogen and oxygen atoms in total. The number of hydrogen-bond donors (Lipinski definition) is 4. The average molecular weight is 791 g/mol. The number of carboxylic acid groups (broad SMARTS) is 1. The molecule has 0 spiro atoms. The second-order valence-electron chi connectivity index (χ2n) is 15.0. The first-order chi connectivity index (χ1) is 28.0. The Bertz CT molecular complexity index is 2460. The van der Waals surface area contributed by atoms with Crippen LogP contribution in [0.4, 0.5) is 8.78 Å². The number of aromatic carboxylic acids is 1. The van der Waals surface area contributed by atoms with Gasteiger partial charge in [0, 0.05) is 48.7 Å². The first kappa shape index (κ1) is 39.9. The Balaban J connectivity index is 0.000000199. The number of piperidine rings is 1. The van der Waals surface area contributed by atoms with Crippen LogP contribution in [0.2, 0.25) is 0 Å². The minimum atomic E-state index is -1.30. The Morgan fingerprint density at radius 3 is 1.69 bits per heavy atom. The van der Waals surface area contributed by atoms with Gasteiger partial charge in [0.25, 0.3) is 22.9 Å². The van der Waals surface area contributed by atoms with Gasteiger partial charge in [0.15, 0.2) is 0 Å². The number of amides is 2. The highest BCUT2D eigenvalue weighted by Gasteiger charge is 2.27. The lowest BCUT2D eigenvalue weighted by Crippen LogP contribution is -2.46. The molecule has 0 saturated carbocycles. The monoisotopic (exact) mass is 790 g/mol. The van der Waals surface area contributed by atoms with E-state index in [9.17, 15) is 32.8 Å². The first-order valence-corrected chi connectivity index (χ1v) is 19.7. The zero-order valence-corrected chi connectivity index (χ0v) is 31.9. The summed E-state index contributed by atoms with van der Waals surface area (Å²) in [7, 11) is 0. The van der Waals surface area contributed by atoms with Crippen molar-refractivity contribution in [2.24, 2.45) is 0 Å². The highest BCUT2D eigenvalue weighted by Crippen LogP contribution is 2.25. The molecule has 0 radical (unpaired) electrons. The molecule has 2 aromatic heterocycles. The zero-order valence-electron chi connectivity index (χ0n) is 31.9. The minimum Gasteiger partial charge on any atom is -0.478 e. The molecule has 58 heavy (non-hydrogen) atoms. The summed E-state index contributed by atoms with van der Waals surface area (Å²) in [4.78, 5) is 62.2. The van der Waals surface area contributed by atoms with E-state index in [2.05, 4.69) is 25.7 Å². The van der Waals surface area contributed by atoms with Gasteiger partial charge in [-0.3, -0.25) is 19.2 Å². The number of halogens is 2. The summed E-state index contributed by atoms with van der Waals surface area (Å²) in [6.45, 7) is 0.883. The lowest BCUT2D eigenvalue weighted by atomic mass is 9.90. The molecule has 2 aliphatic carbocycles. The van der Waals surface area contributed by atoms with Gasteiger partial charge in [0.05, 0.1) is 22.5 Å². The van der Waals surface area contributed by atoms with Crippen molar-refractivity contribution >= 4 is 17.8 Å². The second kappa shape index (κ2) is 17.9. The Hall–Kier alpha value is -6.31. The smallest absolute Gasteiger partial charge is 0.338 e. The Labute approximate surface area is 332 Å². The Morgan fingerprint density at radius 2 is 1.17 bits per heavy atom. The number of aromatic nitrogens is 4. The van der Waals surface area contributed by atoms with Crippen molar-refractivity contribution in [2.75, 3.05) is 13.1 Å². The van der Waals surface area contributed by atoms with Crippen LogP contribution < -0.4 is 16.4 Å². The summed E-state index contributed by atoms with van der Waals surface area (Å²) in [5.74, 6) is -3.08. The number of H-pyrrole nitrogens is 2. The largest absolute Gasteiger partial charge is 0.478 e. The van der Waals surface area contributed by atoms with Crippen molar-refractivity contribution in [2.45, 2.75) is 83.1 Å². The quantitative estimate of drug-likeness (QED) is 0.160. The molecule has 0 atom stereocenters. The number of rotatable bonds is 8. The molecule has 5 aromatic rings. The number of nitrogens with zero attached hydrogens (tertiary/aromatic N) is 3. The van der Waals surface area contributed by atoms with Crippen molar-refractivity contribution in [3.63, 3.8) is 0 Å². The highest BCUT2D eigenvalue weighted by atomic mass is 19.1. The molecule has 1 saturated heterocycles. The van der Waals surface area contributed by atoms with Crippen molar-refractivity contribution in [1.29, 1.82) is 0 Å². The Kier molecular flexibility index (Phi) is 12.3. The Morgan fingerprint density at radius 1 is 0.690 bits per heavy atom. The highest BCUT2D eigenvalue weighted by molar-refractivity contribution is 5.95. The van der Waals surface area contributed by atoms with Crippen molar-refractivity contribution in [3.05, 3.63) is 161 Å². The maximum Gasteiger partial charge on any atom is 0.338 e. The molecule has 1 aliphatic heterocycles. The minimum absolute atomic E-state index is 0.0320. The summed E-state index contributed by atoms with van der Waals surface area (Å²) in [6, 6.07) is 17.6. The van der Waals surface area contributed by atoms with Crippen LogP contribution in [0.5, 0.6) is 0 Å². The molecule has 14 heteroatoms. The van der Waals surface area contributed by atoms with Gasteiger partial charge in [-0.05, 0) is 123 Å². The van der Waals surface area contributed by atoms with Crippen molar-refractivity contribution in [3.8, 4) is 0 Å². The third-order valence-corrected chi connectivity index (χ3v) is 11.2. The third-order valence-electron chi connectivity index (χ3n) is 11.2. The van der Waals surface area contributed by atoms with E-state index >= 15 is 0 Å². The molecule has 300 valence electrons. The van der Waals surface area contributed by atoms with Gasteiger partial charge in [-0.1, -0.05) is 30.3 Å². The molecule has 4 N–H and O–H groups in total. The number of benzene rings is 3. The van der Waals surface area contributed by atoms with Crippen LogP contribution in [-0.2, 0) is 38.5 Å². The number of hydrogen-bond acceptors (Lipinski definition) is 7. The number of carboxylic acids is 1. The topological polar surface area (TPSA) is 178 Å². The molecular formula is C44H44F2N6O6. The van der Waals surface area contributed by atoms with Crippen LogP contribution in [0.3, 0.4) is 0 Å². The van der Waals surface area contributed by atoms with E-state index in [-0.39, 0.29) is 40.1 Å². The normalized spacial score (nSPS) is 15.0. The van der Waals surface area contributed by atoms with Gasteiger partial charge in [0.1, 0.15) is 11.6 Å². The fourth-order valence-electron chi connectivity index (χ4n) is 8.08. The lowest BCUT2D eigenvalue weighted by molar-refractivity contribution is 0.0681. The summed E-state index contributed by atoms with van der Waals surface area (Å²) in [6.07, 6.45) is 9.11. The standard InChI is InChI=1S/C28H29FN4O3.C16H15FN2O3/c29-24-11-10-18(17-25-21-8-4-5-9-22(21)27(35)32-31-25)16-23(24)28(36)33-14-12-20(13-15-33)30-26(34)19-6-2-1-3-7-19;17-13-6-5-9(7-12(13)16(21)22)8-14-10-3-1-2-4-11(10)15(20)19-18-14/h1-3,6-7,10-11,16,20H,4-5,8-9,12-15,17H2,(H,30,34)(H,32,35);5-7H,1-4,8H2,(H,19,20)(H,21,22). The van der Waals surface area contributed by atoms with E-state index in [1.54, 1.807) is 35.2 Å². The molecule has 2 amide bonds. The number of aromatic amines is 2. The molecule has 3 heterocycles. The van der Waals surface area contributed by atoms with E-state index in [1.165, 1.54) is 12.1 Å². The molecule has 3 aliphatic rings. The number of fused-ring (bicyclic) bond motifs is 2. The van der Waals surface area contributed by atoms with Gasteiger partial charge in [-0.2, -0.15) is 10.2 Å². The fourth-order valence-corrected chi connectivity index (χ4v) is 8.08. The summed E-state index contributed by atoms with van der Waals surface area (Å²) >= 11 is 0. The van der Waals surface area contributed by atoms with E-state index in [1.807, 2.05) is 18.2 Å². The van der Waals surface area contributed by atoms with Crippen LogP contribution in [0.15, 0.2) is 76.3 Å². The summed E-state index contributed by atoms with van der Waals surface area (Å²) < 4.78 is 28.2. The van der Waals surface area contributed by atoms with Crippen LogP contribution in [0.1, 0.15) is 114 Å². The van der Waals surface area contributed by atoms with Gasteiger partial charge < -0.3 is 15.3 Å². The van der Waals surface area contributed by atoms with E-state index in [0.717, 1.165) is 96.6 Å². The SMILES string of the molecule is O=C(NC1CCN(C(=O)c2cc(Cc3n[nH]c(=O)c4c3CCCC4)ccc2F)CC1)c1ccccc1.O=C(O)c1cc(Cc2n[nH]c(=O)c3c2CCCC3)ccc1F. The summed E-state index contributed by atoms with van der Waals surface area (Å²) in [5.41, 5.74) is 6.48. The zero-order chi connectivity index (χ0) is 40.8. The van der Waals surface area contributed by atoms with Gasteiger partial charge in [-0.25, -0.2) is 23.8 Å². The average Bonchev–Trinajstić information content (AvgIpc) is 3.25. The third kappa shape index (κ3) is 9.11. The molecular weight excluding hydrogens is 747 g/mol. The lowest BCUT2D eigenvalue weighted by Gasteiger charge is -2.32. The number of nitrogens with one attached hydrogen (secondary N) is 3. The fraction of sp³-hybridized carbons (Fsp3) is 0.341. The molecule has 0 bridgehead atoms. The van der Waals surface area contributed by atoms with E-state index < -0.39 is 17.6 Å². The van der Waals surface area contributed by atoms with E-state index in [0.29, 0.717) is 49.9 Å². The first-order valence-electron chi connectivity index (χ1n) is 19.7. The van der Waals surface area contributed by atoms with Crippen molar-refractivity contribution < 1.29 is 28.3 Å². The van der Waals surface area contributed by atoms with Crippen LogP contribution in [0, 0.1) is 11.6 Å². The van der Waals surface area contributed by atoms with Crippen LogP contribution >= 0.6 is 0 Å². The molecule has 0 unspecified atom stereocenters. The molecule has 3 aromatic carbocycles. The van der Waals surface area contributed by atoms with Crippen molar-refractivity contribution in [1.82, 2.24) is 30.6 Å². The van der Waals surface area contributed by atoms with Gasteiger partial charge in [0.2, 0.25) is 0 Å². The van der Waals surface area contributed by atoms with Gasteiger partial charge in [-0.15, -0.1) is 0 Å². The maximum absolute atomic E-state index is 14.7. The predicted molar refractivity (Wildman–Crippen MR) is 211 cm³/mol. The molecule has 8 rings (SSSR count). The predicted octanol–water partition coefficient (Wildman–Crippen LogP) is 5.49. The number of carbonyl (C=O) groups is 3. The van der Waals surface area contributed by atoms with Crippen LogP contribution in [0.25, 0.3) is 0 Å². The van der Waals surface area contributed by atoms with Gasteiger partial charge >= 0.3 is 5.97 Å². The summed E-state index contributed by atoms with van der Waals surface area (Å²) in [5, 5.41) is 25.5. The van der Waals surface area contributed by atoms with E-state index in [4.69, 9.17) is 5.11 Å². The maximum atomic E-state index is 14.7. The second-order valence-corrected chi connectivity index (χ2v) is 15.0. The molecule has 1 fully saturated rings. The van der Waals surface area contributed by atoms with Crippen LogP contribution in [-0.4, -0.2) is 67.3 Å².